The zero-order valence-corrected chi connectivity index (χ0v) is 15.9. The molecular formula is C22H26FN3O. The first-order valence-corrected chi connectivity index (χ1v) is 9.56. The first-order chi connectivity index (χ1) is 13.2. The minimum Gasteiger partial charge on any atom is -0.497 e. The van der Waals surface area contributed by atoms with Gasteiger partial charge in [-0.1, -0.05) is 30.3 Å². The van der Waals surface area contributed by atoms with E-state index in [0.717, 1.165) is 43.2 Å². The van der Waals surface area contributed by atoms with Gasteiger partial charge in [-0.25, -0.2) is 4.39 Å². The molecule has 2 fully saturated rings. The lowest BCUT2D eigenvalue weighted by Gasteiger charge is -2.22. The van der Waals surface area contributed by atoms with E-state index < -0.39 is 0 Å². The van der Waals surface area contributed by atoms with Crippen LogP contribution in [0.5, 0.6) is 5.75 Å². The van der Waals surface area contributed by atoms with Crippen molar-refractivity contribution in [3.8, 4) is 5.75 Å². The number of likely N-dealkylation sites (tertiary alicyclic amines) is 1. The molecule has 1 aliphatic carbocycles. The van der Waals surface area contributed by atoms with Crippen LogP contribution in [0.25, 0.3) is 0 Å². The van der Waals surface area contributed by atoms with Gasteiger partial charge in [0.25, 0.3) is 0 Å². The third-order valence-electron chi connectivity index (χ3n) is 5.70. The average molecular weight is 367 g/mol. The van der Waals surface area contributed by atoms with Crippen molar-refractivity contribution in [2.75, 3.05) is 27.2 Å². The van der Waals surface area contributed by atoms with Crippen molar-refractivity contribution in [1.29, 1.82) is 0 Å². The maximum Gasteiger partial charge on any atom is 0.193 e. The highest BCUT2D eigenvalue weighted by Gasteiger charge is 2.41. The number of guanidine groups is 1. The predicted octanol–water partition coefficient (Wildman–Crippen LogP) is 3.76. The van der Waals surface area contributed by atoms with Crippen molar-refractivity contribution >= 4 is 5.96 Å². The fourth-order valence-corrected chi connectivity index (χ4v) is 4.04. The van der Waals surface area contributed by atoms with E-state index in [1.807, 2.05) is 31.3 Å². The summed E-state index contributed by atoms with van der Waals surface area (Å²) in [7, 11) is 3.51. The van der Waals surface area contributed by atoms with E-state index in [1.54, 1.807) is 19.2 Å². The number of aliphatic imine (C=N–C) groups is 1. The molecule has 4 nitrogen and oxygen atoms in total. The fraction of sp³-hybridized carbons (Fsp3) is 0.409. The van der Waals surface area contributed by atoms with Crippen LogP contribution in [0, 0.1) is 5.82 Å². The second-order valence-corrected chi connectivity index (χ2v) is 7.37. The zero-order chi connectivity index (χ0) is 18.8. The van der Waals surface area contributed by atoms with Crippen LogP contribution in [0.3, 0.4) is 0 Å². The van der Waals surface area contributed by atoms with Crippen LogP contribution in [0.15, 0.2) is 53.5 Å². The number of hydrogen-bond acceptors (Lipinski definition) is 2. The van der Waals surface area contributed by atoms with Gasteiger partial charge in [0.1, 0.15) is 11.6 Å². The Kier molecular flexibility index (Phi) is 5.01. The van der Waals surface area contributed by atoms with E-state index in [1.165, 1.54) is 5.56 Å². The molecule has 0 amide bonds. The third kappa shape index (κ3) is 3.77. The lowest BCUT2D eigenvalue weighted by molar-refractivity contribution is 0.414. The fourth-order valence-electron chi connectivity index (χ4n) is 4.04. The summed E-state index contributed by atoms with van der Waals surface area (Å²) in [5.41, 5.74) is 2.15. The number of methoxy groups -OCH3 is 1. The molecule has 4 rings (SSSR count). The van der Waals surface area contributed by atoms with E-state index in [4.69, 9.17) is 4.74 Å². The quantitative estimate of drug-likeness (QED) is 0.660. The summed E-state index contributed by atoms with van der Waals surface area (Å²) in [6, 6.07) is 15.7. The molecule has 2 aromatic rings. The summed E-state index contributed by atoms with van der Waals surface area (Å²) in [6.07, 6.45) is 2.06. The molecule has 27 heavy (non-hydrogen) atoms. The van der Waals surface area contributed by atoms with Crippen molar-refractivity contribution in [3.63, 3.8) is 0 Å². The molecule has 2 aromatic carbocycles. The van der Waals surface area contributed by atoms with Crippen molar-refractivity contribution < 1.29 is 9.13 Å². The number of nitrogens with zero attached hydrogens (tertiary/aromatic N) is 2. The van der Waals surface area contributed by atoms with Crippen LogP contribution in [-0.4, -0.2) is 44.1 Å². The van der Waals surface area contributed by atoms with Crippen molar-refractivity contribution in [3.05, 3.63) is 65.5 Å². The summed E-state index contributed by atoms with van der Waals surface area (Å²) in [6.45, 7) is 1.93. The van der Waals surface area contributed by atoms with Gasteiger partial charge in [-0.3, -0.25) is 4.99 Å². The molecule has 1 saturated carbocycles. The number of hydrogen-bond donors (Lipinski definition) is 1. The van der Waals surface area contributed by atoms with E-state index in [0.29, 0.717) is 5.92 Å². The molecule has 1 heterocycles. The van der Waals surface area contributed by atoms with Crippen LogP contribution >= 0.6 is 0 Å². The zero-order valence-electron chi connectivity index (χ0n) is 15.9. The second-order valence-electron chi connectivity index (χ2n) is 7.37. The summed E-state index contributed by atoms with van der Waals surface area (Å²) in [4.78, 5) is 6.79. The maximum absolute atomic E-state index is 14.0. The van der Waals surface area contributed by atoms with Crippen LogP contribution in [0.4, 0.5) is 4.39 Å². The molecule has 0 bridgehead atoms. The minimum absolute atomic E-state index is 0.109. The molecule has 0 radical (unpaired) electrons. The van der Waals surface area contributed by atoms with Gasteiger partial charge in [0.05, 0.1) is 7.11 Å². The monoisotopic (exact) mass is 367 g/mol. The van der Waals surface area contributed by atoms with Crippen molar-refractivity contribution in [1.82, 2.24) is 10.2 Å². The van der Waals surface area contributed by atoms with Crippen LogP contribution in [-0.2, 0) is 0 Å². The highest BCUT2D eigenvalue weighted by molar-refractivity contribution is 5.81. The average Bonchev–Trinajstić information content (AvgIpc) is 3.29. The molecule has 2 aliphatic rings. The Hall–Kier alpha value is -2.56. The smallest absolute Gasteiger partial charge is 0.193 e. The van der Waals surface area contributed by atoms with Gasteiger partial charge < -0.3 is 15.0 Å². The molecule has 5 heteroatoms. The molecule has 0 aromatic heterocycles. The first-order valence-electron chi connectivity index (χ1n) is 9.56. The largest absolute Gasteiger partial charge is 0.497 e. The van der Waals surface area contributed by atoms with E-state index in [9.17, 15) is 4.39 Å². The highest BCUT2D eigenvalue weighted by Crippen LogP contribution is 2.42. The van der Waals surface area contributed by atoms with Gasteiger partial charge >= 0.3 is 0 Å². The number of halogens is 1. The van der Waals surface area contributed by atoms with Crippen LogP contribution in [0.2, 0.25) is 0 Å². The standard InChI is InChI=1S/C22H26FN3O/c1-24-22(25-21-13-19(21)18-5-3-4-6-20(18)23)26-12-11-16(14-26)15-7-9-17(27-2)10-8-15/h3-10,16,19,21H,11-14H2,1-2H3,(H,24,25). The summed E-state index contributed by atoms with van der Waals surface area (Å²) in [5, 5.41) is 3.54. The summed E-state index contributed by atoms with van der Waals surface area (Å²) in [5.74, 6) is 2.44. The van der Waals surface area contributed by atoms with Crippen LogP contribution in [0.1, 0.15) is 35.8 Å². The molecule has 3 atom stereocenters. The Balaban J connectivity index is 1.36. The van der Waals surface area contributed by atoms with E-state index in [2.05, 4.69) is 27.3 Å². The molecule has 1 N–H and O–H groups in total. The number of rotatable bonds is 4. The summed E-state index contributed by atoms with van der Waals surface area (Å²) < 4.78 is 19.2. The Morgan fingerprint density at radius 2 is 1.96 bits per heavy atom. The number of benzene rings is 2. The SMILES string of the molecule is CN=C(NC1CC1c1ccccc1F)N1CCC(c2ccc(OC)cc2)C1. The molecule has 142 valence electrons. The maximum atomic E-state index is 14.0. The Morgan fingerprint density at radius 1 is 1.19 bits per heavy atom. The first kappa shape index (κ1) is 17.8. The predicted molar refractivity (Wildman–Crippen MR) is 106 cm³/mol. The minimum atomic E-state index is -0.109. The molecule has 3 unspecified atom stereocenters. The Labute approximate surface area is 160 Å². The topological polar surface area (TPSA) is 36.9 Å². The lowest BCUT2D eigenvalue weighted by Crippen LogP contribution is -2.41. The number of nitrogens with one attached hydrogen (secondary N) is 1. The Morgan fingerprint density at radius 3 is 2.67 bits per heavy atom. The van der Waals surface area contributed by atoms with Gasteiger partial charge in [0.15, 0.2) is 5.96 Å². The lowest BCUT2D eigenvalue weighted by atomic mass is 9.98. The van der Waals surface area contributed by atoms with Gasteiger partial charge in [0.2, 0.25) is 0 Å². The van der Waals surface area contributed by atoms with Crippen molar-refractivity contribution in [2.45, 2.75) is 30.7 Å². The molecule has 1 aliphatic heterocycles. The van der Waals surface area contributed by atoms with Gasteiger partial charge in [0, 0.05) is 38.0 Å². The van der Waals surface area contributed by atoms with E-state index >= 15 is 0 Å². The van der Waals surface area contributed by atoms with Crippen molar-refractivity contribution in [2.24, 2.45) is 4.99 Å². The highest BCUT2D eigenvalue weighted by atomic mass is 19.1. The van der Waals surface area contributed by atoms with Gasteiger partial charge in [-0.15, -0.1) is 0 Å². The van der Waals surface area contributed by atoms with Gasteiger partial charge in [-0.05, 0) is 42.2 Å². The molecule has 0 spiro atoms. The molecular weight excluding hydrogens is 341 g/mol. The molecule has 1 saturated heterocycles. The van der Waals surface area contributed by atoms with Gasteiger partial charge in [-0.2, -0.15) is 0 Å². The number of ether oxygens (including phenoxy) is 1. The second kappa shape index (κ2) is 7.59. The third-order valence-corrected chi connectivity index (χ3v) is 5.70. The normalized spacial score (nSPS) is 24.8. The summed E-state index contributed by atoms with van der Waals surface area (Å²) >= 11 is 0. The van der Waals surface area contributed by atoms with E-state index in [-0.39, 0.29) is 17.8 Å². The Bertz CT molecular complexity index is 821. The van der Waals surface area contributed by atoms with Crippen LogP contribution < -0.4 is 10.1 Å².